The van der Waals surface area contributed by atoms with Crippen molar-refractivity contribution in [2.24, 2.45) is 0 Å². The van der Waals surface area contributed by atoms with Gasteiger partial charge in [-0.05, 0) is 43.0 Å². The lowest BCUT2D eigenvalue weighted by molar-refractivity contribution is 0.504. The molecular formula is C18H27NO. The third kappa shape index (κ3) is 3.24. The Morgan fingerprint density at radius 2 is 1.95 bits per heavy atom. The van der Waals surface area contributed by atoms with Crippen LogP contribution in [0, 0.1) is 0 Å². The number of fused-ring (bicyclic) bond motifs is 1. The van der Waals surface area contributed by atoms with Crippen LogP contribution >= 0.6 is 0 Å². The number of hydrogen-bond donors (Lipinski definition) is 1. The van der Waals surface area contributed by atoms with Gasteiger partial charge in [0.2, 0.25) is 0 Å². The second kappa shape index (κ2) is 6.94. The molecule has 0 radical (unpaired) electrons. The maximum absolute atomic E-state index is 6.08. The van der Waals surface area contributed by atoms with Crippen molar-refractivity contribution in [2.75, 3.05) is 6.54 Å². The first-order valence-corrected chi connectivity index (χ1v) is 7.92. The maximum atomic E-state index is 6.08. The molecule has 20 heavy (non-hydrogen) atoms. The molecule has 0 spiro atoms. The first kappa shape index (κ1) is 15.1. The number of rotatable bonds is 7. The molecule has 2 heteroatoms. The van der Waals surface area contributed by atoms with Gasteiger partial charge in [0.15, 0.2) is 0 Å². The molecule has 0 saturated heterocycles. The van der Waals surface area contributed by atoms with Gasteiger partial charge in [0, 0.05) is 10.9 Å². The van der Waals surface area contributed by atoms with Crippen LogP contribution in [-0.4, -0.2) is 6.54 Å². The molecule has 0 aliphatic heterocycles. The largest absolute Gasteiger partial charge is 0.459 e. The van der Waals surface area contributed by atoms with E-state index >= 15 is 0 Å². The smallest absolute Gasteiger partial charge is 0.134 e. The van der Waals surface area contributed by atoms with E-state index in [1.807, 2.05) is 0 Å². The van der Waals surface area contributed by atoms with Crippen molar-refractivity contribution < 1.29 is 4.42 Å². The fraction of sp³-hybridized carbons (Fsp3) is 0.556. The number of benzene rings is 1. The lowest BCUT2D eigenvalue weighted by atomic mass is 9.97. The van der Waals surface area contributed by atoms with Gasteiger partial charge in [-0.15, -0.1) is 0 Å². The van der Waals surface area contributed by atoms with Crippen LogP contribution in [0.4, 0.5) is 0 Å². The summed E-state index contributed by atoms with van der Waals surface area (Å²) in [5.74, 6) is 1.60. The zero-order chi connectivity index (χ0) is 14.5. The zero-order valence-corrected chi connectivity index (χ0v) is 13.3. The van der Waals surface area contributed by atoms with E-state index in [0.717, 1.165) is 37.3 Å². The summed E-state index contributed by atoms with van der Waals surface area (Å²) in [6, 6.07) is 6.65. The predicted octanol–water partition coefficient (Wildman–Crippen LogP) is 5.01. The van der Waals surface area contributed by atoms with Crippen LogP contribution in [0.15, 0.2) is 22.6 Å². The first-order chi connectivity index (χ1) is 9.67. The Morgan fingerprint density at radius 1 is 1.15 bits per heavy atom. The molecule has 0 saturated carbocycles. The Hall–Kier alpha value is -1.28. The fourth-order valence-electron chi connectivity index (χ4n) is 2.80. The predicted molar refractivity (Wildman–Crippen MR) is 86.3 cm³/mol. The van der Waals surface area contributed by atoms with Gasteiger partial charge in [-0.3, -0.25) is 0 Å². The summed E-state index contributed by atoms with van der Waals surface area (Å²) >= 11 is 0. The van der Waals surface area contributed by atoms with Gasteiger partial charge in [-0.1, -0.05) is 40.2 Å². The molecule has 0 aliphatic rings. The van der Waals surface area contributed by atoms with Crippen molar-refractivity contribution in [1.29, 1.82) is 0 Å². The van der Waals surface area contributed by atoms with E-state index in [1.54, 1.807) is 0 Å². The summed E-state index contributed by atoms with van der Waals surface area (Å²) in [5, 5.41) is 4.76. The standard InChI is InChI=1S/C18H27NO/c1-5-7-14-8-9-16-15(11-14)18(13(3)4)17(20-16)12-19-10-6-2/h8-9,11,13,19H,5-7,10,12H2,1-4H3. The molecule has 0 amide bonds. The molecule has 110 valence electrons. The molecule has 2 rings (SSSR count). The Labute approximate surface area is 122 Å². The highest BCUT2D eigenvalue weighted by Crippen LogP contribution is 2.32. The number of nitrogens with one attached hydrogen (secondary N) is 1. The molecule has 1 aromatic carbocycles. The highest BCUT2D eigenvalue weighted by atomic mass is 16.3. The topological polar surface area (TPSA) is 25.2 Å². The highest BCUT2D eigenvalue weighted by Gasteiger charge is 2.16. The first-order valence-electron chi connectivity index (χ1n) is 7.92. The van der Waals surface area contributed by atoms with Gasteiger partial charge < -0.3 is 9.73 Å². The van der Waals surface area contributed by atoms with Crippen molar-refractivity contribution in [3.8, 4) is 0 Å². The van der Waals surface area contributed by atoms with Gasteiger partial charge in [0.25, 0.3) is 0 Å². The monoisotopic (exact) mass is 273 g/mol. The molecule has 0 aliphatic carbocycles. The minimum absolute atomic E-state index is 0.492. The van der Waals surface area contributed by atoms with E-state index in [0.29, 0.717) is 5.92 Å². The lowest BCUT2D eigenvalue weighted by Gasteiger charge is -2.07. The molecule has 1 aromatic heterocycles. The SMILES string of the molecule is CCCNCc1oc2ccc(CCC)cc2c1C(C)C. The molecule has 0 unspecified atom stereocenters. The van der Waals surface area contributed by atoms with Crippen LogP contribution in [0.2, 0.25) is 0 Å². The van der Waals surface area contributed by atoms with Crippen LogP contribution in [0.5, 0.6) is 0 Å². The molecule has 1 N–H and O–H groups in total. The van der Waals surface area contributed by atoms with E-state index in [-0.39, 0.29) is 0 Å². The molecule has 2 nitrogen and oxygen atoms in total. The fourth-order valence-corrected chi connectivity index (χ4v) is 2.80. The van der Waals surface area contributed by atoms with Crippen LogP contribution < -0.4 is 5.32 Å². The summed E-state index contributed by atoms with van der Waals surface area (Å²) in [4.78, 5) is 0. The third-order valence-electron chi connectivity index (χ3n) is 3.70. The molecule has 0 fully saturated rings. The Kier molecular flexibility index (Phi) is 5.24. The Morgan fingerprint density at radius 3 is 2.60 bits per heavy atom. The van der Waals surface area contributed by atoms with E-state index in [2.05, 4.69) is 51.2 Å². The highest BCUT2D eigenvalue weighted by molar-refractivity contribution is 5.83. The van der Waals surface area contributed by atoms with Crippen LogP contribution in [0.25, 0.3) is 11.0 Å². The minimum atomic E-state index is 0.492. The van der Waals surface area contributed by atoms with Gasteiger partial charge in [-0.2, -0.15) is 0 Å². The van der Waals surface area contributed by atoms with Gasteiger partial charge in [0.05, 0.1) is 6.54 Å². The second-order valence-electron chi connectivity index (χ2n) is 5.85. The normalized spacial score (nSPS) is 11.7. The number of aryl methyl sites for hydroxylation is 1. The van der Waals surface area contributed by atoms with Crippen molar-refractivity contribution >= 4 is 11.0 Å². The zero-order valence-electron chi connectivity index (χ0n) is 13.3. The molecule has 2 aromatic rings. The minimum Gasteiger partial charge on any atom is -0.459 e. The van der Waals surface area contributed by atoms with E-state index < -0.39 is 0 Å². The molecule has 0 bridgehead atoms. The van der Waals surface area contributed by atoms with Crippen molar-refractivity contribution in [3.63, 3.8) is 0 Å². The summed E-state index contributed by atoms with van der Waals surface area (Å²) in [7, 11) is 0. The maximum Gasteiger partial charge on any atom is 0.134 e. The van der Waals surface area contributed by atoms with Gasteiger partial charge >= 0.3 is 0 Å². The van der Waals surface area contributed by atoms with Crippen molar-refractivity contribution in [1.82, 2.24) is 5.32 Å². The lowest BCUT2D eigenvalue weighted by Crippen LogP contribution is -2.14. The van der Waals surface area contributed by atoms with Crippen LogP contribution in [0.3, 0.4) is 0 Å². The van der Waals surface area contributed by atoms with Crippen LogP contribution in [0.1, 0.15) is 63.3 Å². The molecule has 0 atom stereocenters. The van der Waals surface area contributed by atoms with Crippen molar-refractivity contribution in [2.45, 2.75) is 59.4 Å². The average Bonchev–Trinajstić information content (AvgIpc) is 2.77. The molecule has 1 heterocycles. The summed E-state index contributed by atoms with van der Waals surface area (Å²) in [6.45, 7) is 10.8. The molecular weight excluding hydrogens is 246 g/mol. The Balaban J connectivity index is 2.39. The third-order valence-corrected chi connectivity index (χ3v) is 3.70. The average molecular weight is 273 g/mol. The van der Waals surface area contributed by atoms with E-state index in [4.69, 9.17) is 4.42 Å². The Bertz CT molecular complexity index is 554. The van der Waals surface area contributed by atoms with Gasteiger partial charge in [-0.25, -0.2) is 0 Å². The number of furan rings is 1. The van der Waals surface area contributed by atoms with Crippen LogP contribution in [-0.2, 0) is 13.0 Å². The quantitative estimate of drug-likeness (QED) is 0.717. The summed E-state index contributed by atoms with van der Waals surface area (Å²) < 4.78 is 6.08. The summed E-state index contributed by atoms with van der Waals surface area (Å²) in [6.07, 6.45) is 3.48. The van der Waals surface area contributed by atoms with Gasteiger partial charge in [0.1, 0.15) is 11.3 Å². The summed E-state index contributed by atoms with van der Waals surface area (Å²) in [5.41, 5.74) is 3.82. The number of hydrogen-bond acceptors (Lipinski definition) is 2. The second-order valence-corrected chi connectivity index (χ2v) is 5.85. The van der Waals surface area contributed by atoms with E-state index in [1.165, 1.54) is 22.9 Å². The van der Waals surface area contributed by atoms with E-state index in [9.17, 15) is 0 Å². The van der Waals surface area contributed by atoms with Crippen molar-refractivity contribution in [3.05, 3.63) is 35.1 Å².